The number of esters is 2. The second-order valence-electron chi connectivity index (χ2n) is 9.74. The van der Waals surface area contributed by atoms with Gasteiger partial charge in [0, 0.05) is 30.3 Å². The Morgan fingerprint density at radius 3 is 2.57 bits per heavy atom. The maximum Gasteiger partial charge on any atom is 0.343 e. The minimum absolute atomic E-state index is 0.0284. The molecule has 1 aliphatic rings. The van der Waals surface area contributed by atoms with Crippen molar-refractivity contribution in [3.63, 3.8) is 0 Å². The van der Waals surface area contributed by atoms with Crippen LogP contribution in [-0.2, 0) is 14.3 Å². The van der Waals surface area contributed by atoms with Crippen molar-refractivity contribution in [1.82, 2.24) is 4.57 Å². The van der Waals surface area contributed by atoms with Gasteiger partial charge >= 0.3 is 11.9 Å². The van der Waals surface area contributed by atoms with Crippen LogP contribution in [0.5, 0.6) is 0 Å². The van der Waals surface area contributed by atoms with E-state index in [0.29, 0.717) is 12.8 Å². The molecule has 1 heterocycles. The molecule has 9 heteroatoms. The number of carbonyl (C=O) groups excluding carboxylic acids is 2. The molecule has 2 aromatic rings. The molecule has 1 saturated carbocycles. The van der Waals surface area contributed by atoms with E-state index in [4.69, 9.17) is 15.2 Å². The molecule has 0 saturated heterocycles. The molecular formula is C26H32F2N2O5. The van der Waals surface area contributed by atoms with E-state index in [-0.39, 0.29) is 47.1 Å². The number of nitrogens with zero attached hydrogens (tertiary/aromatic N) is 1. The lowest BCUT2D eigenvalue weighted by molar-refractivity contribution is -0.155. The summed E-state index contributed by atoms with van der Waals surface area (Å²) in [6.07, 6.45) is 6.75. The van der Waals surface area contributed by atoms with Crippen molar-refractivity contribution in [1.29, 1.82) is 0 Å². The number of fused-ring (bicyclic) bond motifs is 1. The average Bonchev–Trinajstić information content (AvgIpc) is 3.60. The predicted molar refractivity (Wildman–Crippen MR) is 129 cm³/mol. The smallest absolute Gasteiger partial charge is 0.343 e. The van der Waals surface area contributed by atoms with Gasteiger partial charge in [0.1, 0.15) is 11.2 Å². The van der Waals surface area contributed by atoms with Crippen LogP contribution in [0.2, 0.25) is 0 Å². The second-order valence-corrected chi connectivity index (χ2v) is 9.74. The maximum atomic E-state index is 14.9. The van der Waals surface area contributed by atoms with Crippen LogP contribution in [0.1, 0.15) is 81.8 Å². The Morgan fingerprint density at radius 1 is 1.29 bits per heavy atom. The van der Waals surface area contributed by atoms with E-state index < -0.39 is 34.7 Å². The Balaban J connectivity index is 1.91. The summed E-state index contributed by atoms with van der Waals surface area (Å²) in [7, 11) is 0. The number of nitrogens with two attached hydrogens (primary N) is 1. The molecule has 7 nitrogen and oxygen atoms in total. The van der Waals surface area contributed by atoms with Gasteiger partial charge in [0.2, 0.25) is 5.43 Å². The second kappa shape index (κ2) is 10.7. The number of hydrogen-bond acceptors (Lipinski definition) is 6. The summed E-state index contributed by atoms with van der Waals surface area (Å²) in [6.45, 7) is 7.04. The van der Waals surface area contributed by atoms with Crippen molar-refractivity contribution in [2.24, 2.45) is 5.73 Å². The third-order valence-electron chi connectivity index (χ3n) is 5.54. The van der Waals surface area contributed by atoms with E-state index in [1.807, 2.05) is 0 Å². The quantitative estimate of drug-likeness (QED) is 0.514. The van der Waals surface area contributed by atoms with Gasteiger partial charge in [0.05, 0.1) is 17.5 Å². The normalized spacial score (nSPS) is 14.9. The molecular weight excluding hydrogens is 458 g/mol. The van der Waals surface area contributed by atoms with Crippen LogP contribution in [0.4, 0.5) is 8.78 Å². The van der Waals surface area contributed by atoms with Gasteiger partial charge in [0.15, 0.2) is 11.6 Å². The van der Waals surface area contributed by atoms with E-state index in [1.54, 1.807) is 38.3 Å². The summed E-state index contributed by atoms with van der Waals surface area (Å²) < 4.78 is 41.3. The lowest BCUT2D eigenvalue weighted by atomic mass is 10.0. The van der Waals surface area contributed by atoms with Crippen molar-refractivity contribution in [2.45, 2.75) is 77.5 Å². The van der Waals surface area contributed by atoms with Crippen molar-refractivity contribution in [3.05, 3.63) is 51.3 Å². The molecule has 1 atom stereocenters. The molecule has 1 aromatic carbocycles. The van der Waals surface area contributed by atoms with Crippen LogP contribution in [0, 0.1) is 11.6 Å². The minimum Gasteiger partial charge on any atom is -0.462 e. The highest BCUT2D eigenvalue weighted by atomic mass is 19.2. The predicted octanol–water partition coefficient (Wildman–Crippen LogP) is 4.64. The fourth-order valence-corrected chi connectivity index (χ4v) is 3.82. The lowest BCUT2D eigenvalue weighted by Gasteiger charge is -2.20. The number of carbonyl (C=O) groups is 2. The zero-order valence-electron chi connectivity index (χ0n) is 20.5. The molecule has 2 N–H and O–H groups in total. The molecule has 1 aromatic heterocycles. The first kappa shape index (κ1) is 26.5. The first-order valence-electron chi connectivity index (χ1n) is 11.8. The van der Waals surface area contributed by atoms with E-state index >= 15 is 0 Å². The van der Waals surface area contributed by atoms with Crippen molar-refractivity contribution < 1.29 is 27.8 Å². The Kier molecular flexibility index (Phi) is 8.10. The molecule has 0 amide bonds. The van der Waals surface area contributed by atoms with E-state index in [1.165, 1.54) is 12.3 Å². The molecule has 35 heavy (non-hydrogen) atoms. The zero-order chi connectivity index (χ0) is 25.9. The first-order valence-corrected chi connectivity index (χ1v) is 11.8. The lowest BCUT2D eigenvalue weighted by Crippen LogP contribution is -2.26. The number of benzene rings is 1. The number of hydrogen-bond donors (Lipinski definition) is 1. The number of aromatic nitrogens is 1. The summed E-state index contributed by atoms with van der Waals surface area (Å²) in [5.41, 5.74) is 4.73. The third kappa shape index (κ3) is 6.54. The highest BCUT2D eigenvalue weighted by Crippen LogP contribution is 2.38. The van der Waals surface area contributed by atoms with Crippen LogP contribution in [0.25, 0.3) is 17.0 Å². The average molecular weight is 491 g/mol. The highest BCUT2D eigenvalue weighted by Gasteiger charge is 2.29. The molecule has 0 spiro atoms. The number of pyridine rings is 1. The standard InChI is InChI=1S/C26H32F2N2O5/c1-5-34-25(33)19-14-30(16-10-11-16)23-17(22(28)20(27)13-18(23)24(19)32)8-6-7-15(29)9-12-21(31)35-26(2,3)4/h6,8,13-16H,5,7,9-12,29H2,1-4H3/b8-6-/t15-/m1/s1. The van der Waals surface area contributed by atoms with Gasteiger partial charge in [0.25, 0.3) is 0 Å². The van der Waals surface area contributed by atoms with Gasteiger partial charge < -0.3 is 19.8 Å². The fraction of sp³-hybridized carbons (Fsp3) is 0.500. The number of rotatable bonds is 9. The topological polar surface area (TPSA) is 101 Å². The van der Waals surface area contributed by atoms with Gasteiger partial charge in [-0.15, -0.1) is 0 Å². The Hall–Kier alpha value is -3.07. The van der Waals surface area contributed by atoms with Gasteiger partial charge in [-0.05, 0) is 59.4 Å². The van der Waals surface area contributed by atoms with Gasteiger partial charge in [-0.2, -0.15) is 0 Å². The summed E-state index contributed by atoms with van der Waals surface area (Å²) in [6, 6.07) is 0.403. The van der Waals surface area contributed by atoms with Gasteiger partial charge in [-0.3, -0.25) is 9.59 Å². The van der Waals surface area contributed by atoms with Crippen LogP contribution in [0.15, 0.2) is 23.1 Å². The van der Waals surface area contributed by atoms with Crippen LogP contribution < -0.4 is 11.2 Å². The largest absolute Gasteiger partial charge is 0.462 e. The molecule has 0 unspecified atom stereocenters. The SMILES string of the molecule is CCOC(=O)c1cn(C2CC2)c2c(/C=C\C[C@@H](N)CCC(=O)OC(C)(C)C)c(F)c(F)cc2c1=O. The van der Waals surface area contributed by atoms with E-state index in [9.17, 15) is 23.2 Å². The Bertz CT molecular complexity index is 1210. The number of ether oxygens (including phenoxy) is 2. The van der Waals surface area contributed by atoms with Gasteiger partial charge in [-0.25, -0.2) is 13.6 Å². The van der Waals surface area contributed by atoms with Crippen molar-refractivity contribution >= 4 is 28.9 Å². The summed E-state index contributed by atoms with van der Waals surface area (Å²) in [5.74, 6) is -3.43. The monoisotopic (exact) mass is 490 g/mol. The Labute approximate surface area is 202 Å². The molecule has 0 bridgehead atoms. The van der Waals surface area contributed by atoms with Crippen molar-refractivity contribution in [3.8, 4) is 0 Å². The van der Waals surface area contributed by atoms with Crippen LogP contribution >= 0.6 is 0 Å². The van der Waals surface area contributed by atoms with Crippen LogP contribution in [-0.4, -0.2) is 34.8 Å². The highest BCUT2D eigenvalue weighted by molar-refractivity contribution is 5.96. The Morgan fingerprint density at radius 2 is 1.97 bits per heavy atom. The summed E-state index contributed by atoms with van der Waals surface area (Å²) in [4.78, 5) is 37.2. The minimum atomic E-state index is -1.19. The maximum absolute atomic E-state index is 14.9. The third-order valence-corrected chi connectivity index (χ3v) is 5.54. The zero-order valence-corrected chi connectivity index (χ0v) is 20.5. The summed E-state index contributed by atoms with van der Waals surface area (Å²) >= 11 is 0. The number of halogens is 2. The van der Waals surface area contributed by atoms with Gasteiger partial charge in [-0.1, -0.05) is 12.2 Å². The molecule has 0 aliphatic heterocycles. The molecule has 0 radical (unpaired) electrons. The molecule has 1 aliphatic carbocycles. The molecule has 3 rings (SSSR count). The van der Waals surface area contributed by atoms with E-state index in [0.717, 1.165) is 18.9 Å². The molecule has 190 valence electrons. The van der Waals surface area contributed by atoms with Crippen LogP contribution in [0.3, 0.4) is 0 Å². The molecule has 1 fully saturated rings. The van der Waals surface area contributed by atoms with Crippen molar-refractivity contribution in [2.75, 3.05) is 6.61 Å². The van der Waals surface area contributed by atoms with E-state index in [2.05, 4.69) is 0 Å². The fourth-order valence-electron chi connectivity index (χ4n) is 3.82. The summed E-state index contributed by atoms with van der Waals surface area (Å²) in [5, 5.41) is -0.0878. The first-order chi connectivity index (χ1) is 16.4.